The lowest BCUT2D eigenvalue weighted by Crippen LogP contribution is -2.14. The SMILES string of the molecule is Cc1ccc(C)c(Oc2ccc(CNC3CC3)cc2)c1C. The van der Waals surface area contributed by atoms with E-state index in [0.29, 0.717) is 0 Å². The van der Waals surface area contributed by atoms with Gasteiger partial charge < -0.3 is 10.1 Å². The van der Waals surface area contributed by atoms with E-state index >= 15 is 0 Å². The van der Waals surface area contributed by atoms with Crippen LogP contribution in [0.25, 0.3) is 0 Å². The second-order valence-corrected chi connectivity index (χ2v) is 6.05. The van der Waals surface area contributed by atoms with Gasteiger partial charge in [-0.2, -0.15) is 0 Å². The van der Waals surface area contributed by atoms with Crippen molar-refractivity contribution in [3.8, 4) is 11.5 Å². The van der Waals surface area contributed by atoms with Gasteiger partial charge in [0.1, 0.15) is 11.5 Å². The van der Waals surface area contributed by atoms with Crippen molar-refractivity contribution in [3.05, 3.63) is 58.7 Å². The van der Waals surface area contributed by atoms with Crippen LogP contribution in [0.2, 0.25) is 0 Å². The highest BCUT2D eigenvalue weighted by atomic mass is 16.5. The Labute approximate surface area is 127 Å². The fraction of sp³-hybridized carbons (Fsp3) is 0.368. The molecule has 1 saturated carbocycles. The maximum absolute atomic E-state index is 6.09. The molecule has 2 heteroatoms. The summed E-state index contributed by atoms with van der Waals surface area (Å²) in [5.41, 5.74) is 4.97. The summed E-state index contributed by atoms with van der Waals surface area (Å²) < 4.78 is 6.09. The Kier molecular flexibility index (Phi) is 3.98. The van der Waals surface area contributed by atoms with Crippen molar-refractivity contribution in [1.82, 2.24) is 5.32 Å². The Morgan fingerprint density at radius 1 is 0.952 bits per heavy atom. The van der Waals surface area contributed by atoms with Gasteiger partial charge in [-0.05, 0) is 68.0 Å². The van der Waals surface area contributed by atoms with Crippen molar-refractivity contribution in [3.63, 3.8) is 0 Å². The Bertz CT molecular complexity index is 627. The van der Waals surface area contributed by atoms with E-state index in [4.69, 9.17) is 4.74 Å². The summed E-state index contributed by atoms with van der Waals surface area (Å²) in [5, 5.41) is 3.53. The van der Waals surface area contributed by atoms with Gasteiger partial charge in [0.05, 0.1) is 0 Å². The molecule has 2 aromatic rings. The second kappa shape index (κ2) is 5.90. The van der Waals surface area contributed by atoms with Crippen LogP contribution in [0.15, 0.2) is 36.4 Å². The second-order valence-electron chi connectivity index (χ2n) is 6.05. The Hall–Kier alpha value is -1.80. The molecule has 2 nitrogen and oxygen atoms in total. The third kappa shape index (κ3) is 3.45. The first kappa shape index (κ1) is 14.2. The normalized spacial score (nSPS) is 14.2. The molecule has 1 fully saturated rings. The maximum atomic E-state index is 6.09. The largest absolute Gasteiger partial charge is 0.457 e. The molecule has 0 spiro atoms. The van der Waals surface area contributed by atoms with E-state index in [1.54, 1.807) is 0 Å². The lowest BCUT2D eigenvalue weighted by Gasteiger charge is -2.14. The minimum absolute atomic E-state index is 0.749. The van der Waals surface area contributed by atoms with Gasteiger partial charge in [-0.3, -0.25) is 0 Å². The molecule has 1 N–H and O–H groups in total. The van der Waals surface area contributed by atoms with Crippen LogP contribution in [0, 0.1) is 20.8 Å². The van der Waals surface area contributed by atoms with Crippen LogP contribution >= 0.6 is 0 Å². The molecule has 0 saturated heterocycles. The first-order valence-electron chi connectivity index (χ1n) is 7.70. The molecule has 1 aliphatic carbocycles. The quantitative estimate of drug-likeness (QED) is 0.861. The van der Waals surface area contributed by atoms with E-state index in [0.717, 1.165) is 24.1 Å². The van der Waals surface area contributed by atoms with Gasteiger partial charge in [0.15, 0.2) is 0 Å². The van der Waals surface area contributed by atoms with E-state index < -0.39 is 0 Å². The van der Waals surface area contributed by atoms with Gasteiger partial charge in [0.2, 0.25) is 0 Å². The first-order chi connectivity index (χ1) is 10.1. The molecule has 0 radical (unpaired) electrons. The summed E-state index contributed by atoms with van der Waals surface area (Å²) in [7, 11) is 0. The van der Waals surface area contributed by atoms with Crippen LogP contribution in [-0.4, -0.2) is 6.04 Å². The highest BCUT2D eigenvalue weighted by Crippen LogP contribution is 2.30. The summed E-state index contributed by atoms with van der Waals surface area (Å²) in [6, 6.07) is 13.4. The lowest BCUT2D eigenvalue weighted by atomic mass is 10.1. The number of ether oxygens (including phenoxy) is 1. The molecule has 3 rings (SSSR count). The molecule has 0 aliphatic heterocycles. The Morgan fingerprint density at radius 2 is 1.62 bits per heavy atom. The van der Waals surface area contributed by atoms with E-state index in [9.17, 15) is 0 Å². The Balaban J connectivity index is 1.71. The predicted molar refractivity (Wildman–Crippen MR) is 87.0 cm³/mol. The number of benzene rings is 2. The molecule has 2 aromatic carbocycles. The van der Waals surface area contributed by atoms with Gasteiger partial charge in [-0.15, -0.1) is 0 Å². The molecule has 0 bridgehead atoms. The van der Waals surface area contributed by atoms with Crippen LogP contribution in [-0.2, 0) is 6.54 Å². The minimum Gasteiger partial charge on any atom is -0.457 e. The van der Waals surface area contributed by atoms with Crippen molar-refractivity contribution in [2.45, 2.75) is 46.2 Å². The van der Waals surface area contributed by atoms with Crippen LogP contribution < -0.4 is 10.1 Å². The molecular weight excluding hydrogens is 258 g/mol. The van der Waals surface area contributed by atoms with E-state index in [1.165, 1.54) is 35.1 Å². The maximum Gasteiger partial charge on any atom is 0.133 e. The smallest absolute Gasteiger partial charge is 0.133 e. The average molecular weight is 281 g/mol. The highest BCUT2D eigenvalue weighted by Gasteiger charge is 2.19. The third-order valence-corrected chi connectivity index (χ3v) is 4.19. The molecule has 1 aliphatic rings. The van der Waals surface area contributed by atoms with Crippen LogP contribution in [0.4, 0.5) is 0 Å². The van der Waals surface area contributed by atoms with Crippen molar-refractivity contribution in [1.29, 1.82) is 0 Å². The number of aryl methyl sites for hydroxylation is 2. The summed E-state index contributed by atoms with van der Waals surface area (Å²) in [6.45, 7) is 7.28. The van der Waals surface area contributed by atoms with Gasteiger partial charge in [-0.1, -0.05) is 24.3 Å². The van der Waals surface area contributed by atoms with E-state index in [2.05, 4.69) is 62.5 Å². The van der Waals surface area contributed by atoms with Crippen molar-refractivity contribution in [2.24, 2.45) is 0 Å². The predicted octanol–water partition coefficient (Wildman–Crippen LogP) is 4.66. The number of nitrogens with one attached hydrogen (secondary N) is 1. The van der Waals surface area contributed by atoms with Gasteiger partial charge in [0, 0.05) is 12.6 Å². The summed E-state index contributed by atoms with van der Waals surface area (Å²) in [6.07, 6.45) is 2.65. The number of rotatable bonds is 5. The zero-order chi connectivity index (χ0) is 14.8. The van der Waals surface area contributed by atoms with Crippen molar-refractivity contribution >= 4 is 0 Å². The minimum atomic E-state index is 0.749. The molecule has 110 valence electrons. The van der Waals surface area contributed by atoms with E-state index in [1.807, 2.05) is 0 Å². The van der Waals surface area contributed by atoms with Crippen molar-refractivity contribution < 1.29 is 4.74 Å². The molecule has 0 heterocycles. The highest BCUT2D eigenvalue weighted by molar-refractivity contribution is 5.47. The van der Waals surface area contributed by atoms with Crippen LogP contribution in [0.3, 0.4) is 0 Å². The summed E-state index contributed by atoms with van der Waals surface area (Å²) >= 11 is 0. The van der Waals surface area contributed by atoms with E-state index in [-0.39, 0.29) is 0 Å². The molecule has 21 heavy (non-hydrogen) atoms. The number of hydrogen-bond donors (Lipinski definition) is 1. The molecule has 0 aromatic heterocycles. The van der Waals surface area contributed by atoms with Crippen LogP contribution in [0.5, 0.6) is 11.5 Å². The standard InChI is InChI=1S/C19H23NO/c1-13-4-5-14(2)19(15(13)3)21-18-10-6-16(7-11-18)12-20-17-8-9-17/h4-7,10-11,17,20H,8-9,12H2,1-3H3. The fourth-order valence-electron chi connectivity index (χ4n) is 2.43. The van der Waals surface area contributed by atoms with Gasteiger partial charge in [-0.25, -0.2) is 0 Å². The number of hydrogen-bond acceptors (Lipinski definition) is 2. The molecule has 0 unspecified atom stereocenters. The monoisotopic (exact) mass is 281 g/mol. The van der Waals surface area contributed by atoms with Crippen molar-refractivity contribution in [2.75, 3.05) is 0 Å². The lowest BCUT2D eigenvalue weighted by molar-refractivity contribution is 0.474. The molecule has 0 atom stereocenters. The van der Waals surface area contributed by atoms with Gasteiger partial charge >= 0.3 is 0 Å². The van der Waals surface area contributed by atoms with Gasteiger partial charge in [0.25, 0.3) is 0 Å². The third-order valence-electron chi connectivity index (χ3n) is 4.19. The zero-order valence-electron chi connectivity index (χ0n) is 13.1. The molecular formula is C19H23NO. The summed E-state index contributed by atoms with van der Waals surface area (Å²) in [5.74, 6) is 1.89. The topological polar surface area (TPSA) is 21.3 Å². The Morgan fingerprint density at radius 3 is 2.29 bits per heavy atom. The average Bonchev–Trinajstić information content (AvgIpc) is 3.31. The zero-order valence-corrected chi connectivity index (χ0v) is 13.1. The van der Waals surface area contributed by atoms with Crippen LogP contribution in [0.1, 0.15) is 35.1 Å². The fourth-order valence-corrected chi connectivity index (χ4v) is 2.43. The summed E-state index contributed by atoms with van der Waals surface area (Å²) in [4.78, 5) is 0. The molecule has 0 amide bonds. The first-order valence-corrected chi connectivity index (χ1v) is 7.70.